The number of fused-ring (bicyclic) bond motifs is 1. The van der Waals surface area contributed by atoms with Crippen molar-refractivity contribution in [1.29, 1.82) is 0 Å². The van der Waals surface area contributed by atoms with E-state index in [9.17, 15) is 4.39 Å². The van der Waals surface area contributed by atoms with Gasteiger partial charge in [0.1, 0.15) is 5.82 Å². The topological polar surface area (TPSA) is 4.93 Å². The Hall–Kier alpha value is -1.31. The van der Waals surface area contributed by atoms with Crippen molar-refractivity contribution in [2.24, 2.45) is 0 Å². The van der Waals surface area contributed by atoms with E-state index in [0.717, 1.165) is 29.6 Å². The van der Waals surface area contributed by atoms with E-state index >= 15 is 0 Å². The zero-order valence-electron chi connectivity index (χ0n) is 8.55. The minimum atomic E-state index is -0.125. The Kier molecular flexibility index (Phi) is 2.28. The molecular weight excluding hydrogens is 177 g/mol. The first-order valence-electron chi connectivity index (χ1n) is 4.98. The fourth-order valence-corrected chi connectivity index (χ4v) is 1.90. The molecule has 2 heteroatoms. The van der Waals surface area contributed by atoms with Gasteiger partial charge >= 0.3 is 0 Å². The Morgan fingerprint density at radius 3 is 2.86 bits per heavy atom. The van der Waals surface area contributed by atoms with E-state index in [0.29, 0.717) is 0 Å². The smallest absolute Gasteiger partial charge is 0.132 e. The standard InChI is InChI=1S/C12H14FN/c1-3-7-14-9(2)8-10-11(13)5-4-6-12(10)14/h4-6,8H,3,7H2,1-2H3. The van der Waals surface area contributed by atoms with E-state index in [1.807, 2.05) is 19.1 Å². The van der Waals surface area contributed by atoms with Crippen LogP contribution in [0.4, 0.5) is 4.39 Å². The minimum Gasteiger partial charge on any atom is -0.345 e. The molecule has 0 spiro atoms. The highest BCUT2D eigenvalue weighted by Gasteiger charge is 2.07. The van der Waals surface area contributed by atoms with Gasteiger partial charge in [0.05, 0.1) is 5.52 Å². The Morgan fingerprint density at radius 1 is 1.36 bits per heavy atom. The van der Waals surface area contributed by atoms with Crippen molar-refractivity contribution >= 4 is 10.9 Å². The molecule has 0 aliphatic heterocycles. The molecule has 0 amide bonds. The average Bonchev–Trinajstić information content (AvgIpc) is 2.47. The van der Waals surface area contributed by atoms with Crippen LogP contribution in [0.15, 0.2) is 24.3 Å². The second-order valence-electron chi connectivity index (χ2n) is 3.61. The van der Waals surface area contributed by atoms with E-state index in [1.165, 1.54) is 6.07 Å². The third-order valence-corrected chi connectivity index (χ3v) is 2.55. The van der Waals surface area contributed by atoms with E-state index in [-0.39, 0.29) is 5.82 Å². The van der Waals surface area contributed by atoms with Gasteiger partial charge in [0.25, 0.3) is 0 Å². The van der Waals surface area contributed by atoms with E-state index < -0.39 is 0 Å². The lowest BCUT2D eigenvalue weighted by Crippen LogP contribution is -1.98. The molecule has 0 N–H and O–H groups in total. The van der Waals surface area contributed by atoms with Gasteiger partial charge in [-0.2, -0.15) is 0 Å². The molecule has 14 heavy (non-hydrogen) atoms. The van der Waals surface area contributed by atoms with Gasteiger partial charge < -0.3 is 4.57 Å². The predicted octanol–water partition coefficient (Wildman–Crippen LogP) is 3.50. The van der Waals surface area contributed by atoms with Crippen molar-refractivity contribution in [3.63, 3.8) is 0 Å². The van der Waals surface area contributed by atoms with Crippen LogP contribution in [0, 0.1) is 12.7 Å². The van der Waals surface area contributed by atoms with Crippen molar-refractivity contribution in [2.75, 3.05) is 0 Å². The quantitative estimate of drug-likeness (QED) is 0.684. The largest absolute Gasteiger partial charge is 0.345 e. The SMILES string of the molecule is CCCn1c(C)cc2c(F)cccc21. The zero-order chi connectivity index (χ0) is 10.1. The highest BCUT2D eigenvalue weighted by Crippen LogP contribution is 2.22. The number of hydrogen-bond donors (Lipinski definition) is 0. The van der Waals surface area contributed by atoms with Crippen LogP contribution in [0.3, 0.4) is 0 Å². The zero-order valence-corrected chi connectivity index (χ0v) is 8.55. The molecule has 0 atom stereocenters. The molecule has 2 aromatic rings. The van der Waals surface area contributed by atoms with Gasteiger partial charge in [0.2, 0.25) is 0 Å². The first-order valence-corrected chi connectivity index (χ1v) is 4.98. The van der Waals surface area contributed by atoms with Gasteiger partial charge in [-0.15, -0.1) is 0 Å². The summed E-state index contributed by atoms with van der Waals surface area (Å²) in [6.07, 6.45) is 1.07. The van der Waals surface area contributed by atoms with Gasteiger partial charge in [-0.05, 0) is 31.5 Å². The maximum atomic E-state index is 13.4. The van der Waals surface area contributed by atoms with Crippen LogP contribution in [0.25, 0.3) is 10.9 Å². The number of aromatic nitrogens is 1. The second-order valence-corrected chi connectivity index (χ2v) is 3.61. The van der Waals surface area contributed by atoms with Crippen molar-refractivity contribution in [3.8, 4) is 0 Å². The third-order valence-electron chi connectivity index (χ3n) is 2.55. The first-order chi connectivity index (χ1) is 6.74. The summed E-state index contributed by atoms with van der Waals surface area (Å²) in [5.74, 6) is -0.125. The van der Waals surface area contributed by atoms with Gasteiger partial charge in [-0.1, -0.05) is 13.0 Å². The second kappa shape index (κ2) is 3.45. The number of nitrogens with zero attached hydrogens (tertiary/aromatic N) is 1. The molecule has 0 radical (unpaired) electrons. The third kappa shape index (κ3) is 1.31. The molecule has 1 aromatic carbocycles. The van der Waals surface area contributed by atoms with Crippen molar-refractivity contribution in [1.82, 2.24) is 4.57 Å². The van der Waals surface area contributed by atoms with E-state index in [2.05, 4.69) is 11.5 Å². The molecule has 0 saturated carbocycles. The number of benzene rings is 1. The number of halogens is 1. The summed E-state index contributed by atoms with van der Waals surface area (Å²) in [6, 6.07) is 7.17. The molecule has 1 heterocycles. The summed E-state index contributed by atoms with van der Waals surface area (Å²) in [7, 11) is 0. The number of hydrogen-bond acceptors (Lipinski definition) is 0. The monoisotopic (exact) mass is 191 g/mol. The van der Waals surface area contributed by atoms with Crippen LogP contribution in [-0.4, -0.2) is 4.57 Å². The lowest BCUT2D eigenvalue weighted by Gasteiger charge is -2.05. The molecule has 0 bridgehead atoms. The minimum absolute atomic E-state index is 0.125. The van der Waals surface area contributed by atoms with Crippen molar-refractivity contribution < 1.29 is 4.39 Å². The Labute approximate surface area is 83.2 Å². The number of rotatable bonds is 2. The predicted molar refractivity (Wildman–Crippen MR) is 56.9 cm³/mol. The van der Waals surface area contributed by atoms with Crippen LogP contribution in [-0.2, 0) is 6.54 Å². The van der Waals surface area contributed by atoms with Gasteiger partial charge in [-0.3, -0.25) is 0 Å². The molecule has 0 aliphatic rings. The summed E-state index contributed by atoms with van der Waals surface area (Å²) >= 11 is 0. The molecule has 0 fully saturated rings. The molecule has 0 unspecified atom stereocenters. The summed E-state index contributed by atoms with van der Waals surface area (Å²) in [5.41, 5.74) is 2.14. The van der Waals surface area contributed by atoms with Crippen LogP contribution < -0.4 is 0 Å². The maximum absolute atomic E-state index is 13.4. The van der Waals surface area contributed by atoms with Crippen molar-refractivity contribution in [3.05, 3.63) is 35.8 Å². The van der Waals surface area contributed by atoms with Crippen LogP contribution in [0.2, 0.25) is 0 Å². The van der Waals surface area contributed by atoms with Crippen LogP contribution in [0.5, 0.6) is 0 Å². The van der Waals surface area contributed by atoms with E-state index in [1.54, 1.807) is 6.07 Å². The Balaban J connectivity index is 2.70. The highest BCUT2D eigenvalue weighted by atomic mass is 19.1. The van der Waals surface area contributed by atoms with Crippen LogP contribution in [0.1, 0.15) is 19.0 Å². The molecular formula is C12H14FN. The summed E-state index contributed by atoms with van der Waals surface area (Å²) in [6.45, 7) is 5.11. The fourth-order valence-electron chi connectivity index (χ4n) is 1.90. The lowest BCUT2D eigenvalue weighted by atomic mass is 10.2. The van der Waals surface area contributed by atoms with Crippen LogP contribution >= 0.6 is 0 Å². The van der Waals surface area contributed by atoms with Crippen molar-refractivity contribution in [2.45, 2.75) is 26.8 Å². The lowest BCUT2D eigenvalue weighted by molar-refractivity contribution is 0.639. The number of aryl methyl sites for hydroxylation is 2. The Bertz CT molecular complexity index is 457. The first kappa shape index (κ1) is 9.25. The van der Waals surface area contributed by atoms with Gasteiger partial charge in [0.15, 0.2) is 0 Å². The molecule has 0 saturated heterocycles. The molecule has 0 aliphatic carbocycles. The van der Waals surface area contributed by atoms with E-state index in [4.69, 9.17) is 0 Å². The van der Waals surface area contributed by atoms with Gasteiger partial charge in [0, 0.05) is 17.6 Å². The average molecular weight is 191 g/mol. The Morgan fingerprint density at radius 2 is 2.14 bits per heavy atom. The van der Waals surface area contributed by atoms with Gasteiger partial charge in [-0.25, -0.2) is 4.39 Å². The molecule has 74 valence electrons. The summed E-state index contributed by atoms with van der Waals surface area (Å²) < 4.78 is 15.6. The fraction of sp³-hybridized carbons (Fsp3) is 0.333. The normalized spacial score (nSPS) is 11.1. The summed E-state index contributed by atoms with van der Waals surface area (Å²) in [4.78, 5) is 0. The maximum Gasteiger partial charge on any atom is 0.132 e. The molecule has 2 rings (SSSR count). The summed E-state index contributed by atoms with van der Waals surface area (Å²) in [5, 5.41) is 0.735. The molecule has 1 nitrogen and oxygen atoms in total. The highest BCUT2D eigenvalue weighted by molar-refractivity contribution is 5.81. The molecule has 1 aromatic heterocycles.